The van der Waals surface area contributed by atoms with Crippen molar-refractivity contribution in [2.45, 2.75) is 56.7 Å². The zero-order chi connectivity index (χ0) is 24.4. The van der Waals surface area contributed by atoms with Gasteiger partial charge in [-0.2, -0.15) is 0 Å². The van der Waals surface area contributed by atoms with Crippen LogP contribution in [0.15, 0.2) is 0 Å². The third kappa shape index (κ3) is 31.5. The van der Waals surface area contributed by atoms with Gasteiger partial charge in [0.05, 0.1) is 17.9 Å². The van der Waals surface area contributed by atoms with Gasteiger partial charge in [0.1, 0.15) is 0 Å². The molecule has 17 heteroatoms. The van der Waals surface area contributed by atoms with E-state index in [9.17, 15) is 59.4 Å². The van der Waals surface area contributed by atoms with E-state index in [1.54, 1.807) is 0 Å². The van der Waals surface area contributed by atoms with E-state index in [0.717, 1.165) is 0 Å². The average molecular weight is 457 g/mol. The maximum absolute atomic E-state index is 9.86. The summed E-state index contributed by atoms with van der Waals surface area (Å²) in [5, 5.41) is 58.8. The first kappa shape index (κ1) is 39.3. The summed E-state index contributed by atoms with van der Waals surface area (Å²) in [4.78, 5) is 58.8. The number of rotatable bonds is 12. The molecule has 0 radical (unpaired) electrons. The molecule has 0 saturated heterocycles. The van der Waals surface area contributed by atoms with Crippen molar-refractivity contribution in [1.82, 2.24) is 0 Å². The van der Waals surface area contributed by atoms with Crippen LogP contribution in [0.2, 0.25) is 0 Å². The number of nitrogens with two attached hydrogens (primary N) is 3. The molecule has 0 saturated carbocycles. The zero-order valence-electron chi connectivity index (χ0n) is 16.8. The Kier molecular flexibility index (Phi) is 27.7. The van der Waals surface area contributed by atoms with E-state index >= 15 is 0 Å². The molecule has 0 aliphatic rings. The molecule has 0 amide bonds. The van der Waals surface area contributed by atoms with Crippen molar-refractivity contribution in [1.29, 1.82) is 0 Å². The van der Waals surface area contributed by atoms with Crippen LogP contribution in [-0.4, -0.2) is 70.8 Å². The van der Waals surface area contributed by atoms with Gasteiger partial charge in [0.15, 0.2) is 0 Å². The van der Waals surface area contributed by atoms with Crippen molar-refractivity contribution in [3.8, 4) is 0 Å². The summed E-state index contributed by atoms with van der Waals surface area (Å²) >= 11 is 0. The predicted molar refractivity (Wildman–Crippen MR) is 93.2 cm³/mol. The second-order valence-corrected chi connectivity index (χ2v) is 5.51. The summed E-state index contributed by atoms with van der Waals surface area (Å²) in [6, 6.07) is -3.63. The molecule has 0 aromatic heterocycles. The van der Waals surface area contributed by atoms with E-state index in [1.807, 2.05) is 0 Å². The van der Waals surface area contributed by atoms with Gasteiger partial charge in [-0.05, 0) is 38.5 Å². The van der Waals surface area contributed by atoms with Crippen LogP contribution in [0.4, 0.5) is 0 Å². The Morgan fingerprint density at radius 2 is 0.625 bits per heavy atom. The molecule has 174 valence electrons. The van der Waals surface area contributed by atoms with Crippen molar-refractivity contribution in [2.24, 2.45) is 17.2 Å². The van der Waals surface area contributed by atoms with Crippen molar-refractivity contribution in [2.75, 3.05) is 0 Å². The average Bonchev–Trinajstić information content (AvgIpc) is 2.62. The SMILES string of the molecule is NC(CCC(=O)[O-])C(=O)[O-].NC(CCC(=O)[O-])C(=O)[O-].NC(CCC(=O)[O-])C(=O)[O-].[B+3].[B+3]. The van der Waals surface area contributed by atoms with E-state index in [2.05, 4.69) is 0 Å². The van der Waals surface area contributed by atoms with Crippen LogP contribution in [0.1, 0.15) is 38.5 Å². The minimum Gasteiger partial charge on any atom is -0.550 e. The Hall–Kier alpha value is -3.17. The molecule has 0 aliphatic carbocycles. The number of carboxylic acid groups (broad SMARTS) is 6. The molecule has 6 N–H and O–H groups in total. The number of aliphatic carboxylic acids is 6. The van der Waals surface area contributed by atoms with E-state index in [1.165, 1.54) is 0 Å². The molecular formula is C15H21B2N3O12. The molecule has 0 spiro atoms. The van der Waals surface area contributed by atoms with Gasteiger partial charge in [-0.25, -0.2) is 0 Å². The van der Waals surface area contributed by atoms with Crippen LogP contribution < -0.4 is 47.8 Å². The van der Waals surface area contributed by atoms with Crippen LogP contribution in [0.5, 0.6) is 0 Å². The molecule has 15 nitrogen and oxygen atoms in total. The summed E-state index contributed by atoms with van der Waals surface area (Å²) in [6.07, 6.45) is -1.50. The van der Waals surface area contributed by atoms with Gasteiger partial charge >= 0.3 is 16.8 Å². The van der Waals surface area contributed by atoms with E-state index in [4.69, 9.17) is 17.2 Å². The molecule has 0 fully saturated rings. The monoisotopic (exact) mass is 457 g/mol. The predicted octanol–water partition coefficient (Wildman–Crippen LogP) is -11.0. The van der Waals surface area contributed by atoms with Crippen LogP contribution >= 0.6 is 0 Å². The van der Waals surface area contributed by atoms with E-state index < -0.39 is 53.9 Å². The maximum Gasteiger partial charge on any atom is 3.00 e. The second kappa shape index (κ2) is 22.5. The molecule has 0 aromatic carbocycles. The Bertz CT molecular complexity index is 525. The van der Waals surface area contributed by atoms with Crippen LogP contribution in [-0.2, 0) is 28.8 Å². The molecule has 32 heavy (non-hydrogen) atoms. The number of hydrogen-bond donors (Lipinski definition) is 3. The molecule has 3 unspecified atom stereocenters. The van der Waals surface area contributed by atoms with Crippen LogP contribution in [0.3, 0.4) is 0 Å². The molecular weight excluding hydrogens is 436 g/mol. The Morgan fingerprint density at radius 3 is 0.719 bits per heavy atom. The van der Waals surface area contributed by atoms with Crippen molar-refractivity contribution in [3.05, 3.63) is 0 Å². The summed E-state index contributed by atoms with van der Waals surface area (Å²) < 4.78 is 0. The van der Waals surface area contributed by atoms with Crippen LogP contribution in [0, 0.1) is 0 Å². The molecule has 3 atom stereocenters. The smallest absolute Gasteiger partial charge is 0.550 e. The standard InChI is InChI=1S/3C5H9NO4.2B/c3*6-3(5(9)10)1-2-4(7)8;;/h3*3H,1-2,6H2,(H,7,8)(H,9,10);;/q;;;2*+3/p-6. The van der Waals surface area contributed by atoms with Gasteiger partial charge in [-0.1, -0.05) is 0 Å². The van der Waals surface area contributed by atoms with Crippen molar-refractivity contribution in [3.63, 3.8) is 0 Å². The topological polar surface area (TPSA) is 319 Å². The fraction of sp³-hybridized carbons (Fsp3) is 0.600. The molecule has 0 bridgehead atoms. The summed E-state index contributed by atoms with van der Waals surface area (Å²) in [6.45, 7) is 0. The fourth-order valence-electron chi connectivity index (χ4n) is 1.17. The van der Waals surface area contributed by atoms with Gasteiger partial charge in [-0.15, -0.1) is 0 Å². The van der Waals surface area contributed by atoms with Gasteiger partial charge in [-0.3, -0.25) is 0 Å². The quantitative estimate of drug-likeness (QED) is 0.229. The minimum absolute atomic E-state index is 0. The second-order valence-electron chi connectivity index (χ2n) is 5.51. The van der Waals surface area contributed by atoms with E-state index in [-0.39, 0.29) is 55.4 Å². The Balaban J connectivity index is -0.000000110. The zero-order valence-corrected chi connectivity index (χ0v) is 16.8. The number of carbonyl (C=O) groups is 6. The number of hydrogen-bond acceptors (Lipinski definition) is 15. The summed E-state index contributed by atoms with van der Waals surface area (Å²) in [5.74, 6) is -8.26. The molecule has 0 aliphatic heterocycles. The first-order valence-corrected chi connectivity index (χ1v) is 8.10. The van der Waals surface area contributed by atoms with Crippen molar-refractivity contribution >= 4 is 52.6 Å². The Labute approximate surface area is 186 Å². The van der Waals surface area contributed by atoms with Gasteiger partial charge in [0.2, 0.25) is 0 Å². The number of carbonyl (C=O) groups excluding carboxylic acids is 6. The molecule has 0 aromatic rings. The van der Waals surface area contributed by atoms with Gasteiger partial charge in [0.25, 0.3) is 0 Å². The Morgan fingerprint density at radius 1 is 0.469 bits per heavy atom. The molecule has 0 heterocycles. The first-order chi connectivity index (χ1) is 13.6. The number of carboxylic acids is 6. The third-order valence-corrected chi connectivity index (χ3v) is 2.89. The summed E-state index contributed by atoms with van der Waals surface area (Å²) in [7, 11) is 0. The fourth-order valence-corrected chi connectivity index (χ4v) is 1.17. The van der Waals surface area contributed by atoms with Gasteiger partial charge in [0, 0.05) is 36.0 Å². The van der Waals surface area contributed by atoms with Crippen LogP contribution in [0.25, 0.3) is 0 Å². The summed E-state index contributed by atoms with van der Waals surface area (Å²) in [5.41, 5.74) is 14.7. The third-order valence-electron chi connectivity index (χ3n) is 2.89. The molecule has 0 rings (SSSR count). The largest absolute Gasteiger partial charge is 3.00 e. The van der Waals surface area contributed by atoms with Gasteiger partial charge < -0.3 is 76.6 Å². The van der Waals surface area contributed by atoms with Crippen molar-refractivity contribution < 1.29 is 59.4 Å². The van der Waals surface area contributed by atoms with E-state index in [0.29, 0.717) is 0 Å². The maximum atomic E-state index is 9.86. The normalized spacial score (nSPS) is 11.7. The first-order valence-electron chi connectivity index (χ1n) is 8.10. The minimum atomic E-state index is -1.44.